The number of aliphatic hydroxyl groups is 1. The van der Waals surface area contributed by atoms with Crippen LogP contribution in [0.5, 0.6) is 5.75 Å². The van der Waals surface area contributed by atoms with Gasteiger partial charge in [0, 0.05) is 34.6 Å². The molecule has 3 aromatic carbocycles. The Hall–Kier alpha value is -3.64. The average molecular weight is 455 g/mol. The average Bonchev–Trinajstić information content (AvgIpc) is 3.09. The number of nitro benzene ring substituents is 1. The van der Waals surface area contributed by atoms with E-state index in [-0.39, 0.29) is 17.7 Å². The lowest BCUT2D eigenvalue weighted by atomic mass is 9.64. The Kier molecular flexibility index (Phi) is 4.74. The lowest BCUT2D eigenvalue weighted by Crippen LogP contribution is -2.60. The summed E-state index contributed by atoms with van der Waals surface area (Å²) in [5.74, 6) is 0.522. The third-order valence-electron chi connectivity index (χ3n) is 7.71. The first-order valence-corrected chi connectivity index (χ1v) is 11.8. The Bertz CT molecular complexity index is 1300. The maximum Gasteiger partial charge on any atom is 0.270 e. The second-order valence-corrected chi connectivity index (χ2v) is 9.40. The van der Waals surface area contributed by atoms with Crippen molar-refractivity contribution in [2.24, 2.45) is 0 Å². The topological polar surface area (TPSA) is 75.8 Å². The van der Waals surface area contributed by atoms with Gasteiger partial charge < -0.3 is 9.84 Å². The van der Waals surface area contributed by atoms with Crippen molar-refractivity contribution in [3.8, 4) is 5.75 Å². The summed E-state index contributed by atoms with van der Waals surface area (Å²) in [4.78, 5) is 13.3. The summed E-state index contributed by atoms with van der Waals surface area (Å²) in [6.45, 7) is -0.334. The molecule has 172 valence electrons. The molecule has 1 atom stereocenters. The number of rotatable bonds is 3. The van der Waals surface area contributed by atoms with Gasteiger partial charge in [-0.3, -0.25) is 15.0 Å². The van der Waals surface area contributed by atoms with Crippen molar-refractivity contribution in [2.75, 3.05) is 4.90 Å². The summed E-state index contributed by atoms with van der Waals surface area (Å²) in [6.07, 6.45) is 9.41. The molecule has 1 N–H and O–H groups in total. The molecule has 0 saturated heterocycles. The standard InChI is InChI=1S/C28H26N2O4/c31-19-21-18-23(30(32)33)17-20-13-16-28(34-26(20)21)27(14-7-2-8-15-27)24-11-5-6-12-25(24)29(28)22-9-3-1-4-10-22/h1,3-6,9-13,16-18,31H,2,7-8,14-15,19H2. The summed E-state index contributed by atoms with van der Waals surface area (Å²) >= 11 is 0. The molecule has 1 fully saturated rings. The number of hydrogen-bond acceptors (Lipinski definition) is 5. The first-order chi connectivity index (χ1) is 16.6. The molecule has 2 spiro atoms. The molecule has 0 radical (unpaired) electrons. The number of aliphatic hydroxyl groups excluding tert-OH is 1. The van der Waals surface area contributed by atoms with Crippen LogP contribution in [0.2, 0.25) is 0 Å². The van der Waals surface area contributed by atoms with E-state index in [1.807, 2.05) is 24.3 Å². The van der Waals surface area contributed by atoms with Crippen molar-refractivity contribution < 1.29 is 14.8 Å². The van der Waals surface area contributed by atoms with E-state index in [2.05, 4.69) is 47.4 Å². The smallest absolute Gasteiger partial charge is 0.270 e. The Morgan fingerprint density at radius 1 is 1.00 bits per heavy atom. The zero-order valence-electron chi connectivity index (χ0n) is 18.8. The molecule has 3 aliphatic rings. The van der Waals surface area contributed by atoms with Gasteiger partial charge in [-0.25, -0.2) is 0 Å². The minimum absolute atomic E-state index is 0.0472. The maximum absolute atomic E-state index is 11.5. The number of fused-ring (bicyclic) bond motifs is 4. The van der Waals surface area contributed by atoms with Crippen LogP contribution in [-0.4, -0.2) is 15.8 Å². The van der Waals surface area contributed by atoms with Crippen LogP contribution in [0.1, 0.15) is 48.8 Å². The summed E-state index contributed by atoms with van der Waals surface area (Å²) in [5, 5.41) is 21.6. The van der Waals surface area contributed by atoms with Crippen molar-refractivity contribution in [2.45, 2.75) is 49.9 Å². The Labute approximate surface area is 198 Å². The molecule has 6 heteroatoms. The fourth-order valence-electron chi connectivity index (χ4n) is 6.29. The van der Waals surface area contributed by atoms with Crippen LogP contribution >= 0.6 is 0 Å². The Morgan fingerprint density at radius 2 is 1.74 bits per heavy atom. The van der Waals surface area contributed by atoms with E-state index in [9.17, 15) is 15.2 Å². The van der Waals surface area contributed by atoms with Crippen molar-refractivity contribution in [3.05, 3.63) is 99.6 Å². The highest BCUT2D eigenvalue weighted by Gasteiger charge is 2.64. The third kappa shape index (κ3) is 2.78. The largest absolute Gasteiger partial charge is 0.462 e. The van der Waals surface area contributed by atoms with Gasteiger partial charge in [0.05, 0.1) is 16.9 Å². The molecule has 2 aliphatic heterocycles. The summed E-state index contributed by atoms with van der Waals surface area (Å²) in [5.41, 5.74) is 3.31. The van der Waals surface area contributed by atoms with Crippen LogP contribution in [0.15, 0.2) is 72.8 Å². The van der Waals surface area contributed by atoms with Gasteiger partial charge >= 0.3 is 0 Å². The van der Waals surface area contributed by atoms with Crippen LogP contribution in [0, 0.1) is 10.1 Å². The van der Waals surface area contributed by atoms with Crippen molar-refractivity contribution >= 4 is 23.1 Å². The molecule has 0 bridgehead atoms. The highest BCUT2D eigenvalue weighted by atomic mass is 16.6. The van der Waals surface area contributed by atoms with E-state index < -0.39 is 10.6 Å². The highest BCUT2D eigenvalue weighted by molar-refractivity contribution is 5.80. The second-order valence-electron chi connectivity index (χ2n) is 9.40. The molecule has 3 aromatic rings. The molecule has 0 aromatic heterocycles. The second kappa shape index (κ2) is 7.71. The predicted molar refractivity (Wildman–Crippen MR) is 131 cm³/mol. The fraction of sp³-hybridized carbons (Fsp3) is 0.286. The molecule has 6 rings (SSSR count). The Balaban J connectivity index is 1.62. The van der Waals surface area contributed by atoms with Crippen LogP contribution in [0.3, 0.4) is 0 Å². The third-order valence-corrected chi connectivity index (χ3v) is 7.71. The van der Waals surface area contributed by atoms with Crippen molar-refractivity contribution in [1.82, 2.24) is 0 Å². The van der Waals surface area contributed by atoms with Crippen LogP contribution in [-0.2, 0) is 12.0 Å². The molecule has 0 amide bonds. The monoisotopic (exact) mass is 454 g/mol. The number of benzene rings is 3. The lowest BCUT2D eigenvalue weighted by Gasteiger charge is -2.51. The number of nitrogens with zero attached hydrogens (tertiary/aromatic N) is 2. The van der Waals surface area contributed by atoms with Gasteiger partial charge in [0.15, 0.2) is 0 Å². The molecule has 1 aliphatic carbocycles. The predicted octanol–water partition coefficient (Wildman–Crippen LogP) is 6.24. The number of anilines is 2. The molecule has 6 nitrogen and oxygen atoms in total. The molecular formula is C28H26N2O4. The van der Waals surface area contributed by atoms with Gasteiger partial charge in [-0.1, -0.05) is 55.7 Å². The maximum atomic E-state index is 11.5. The minimum atomic E-state index is -0.842. The molecule has 1 saturated carbocycles. The van der Waals surface area contributed by atoms with E-state index in [0.717, 1.165) is 37.1 Å². The van der Waals surface area contributed by atoms with Crippen LogP contribution in [0.25, 0.3) is 6.08 Å². The lowest BCUT2D eigenvalue weighted by molar-refractivity contribution is -0.385. The zero-order valence-corrected chi connectivity index (χ0v) is 18.8. The van der Waals surface area contributed by atoms with Gasteiger partial charge in [0.2, 0.25) is 5.72 Å². The highest BCUT2D eigenvalue weighted by Crippen LogP contribution is 2.62. The zero-order chi connectivity index (χ0) is 23.3. The van der Waals surface area contributed by atoms with Crippen molar-refractivity contribution in [3.63, 3.8) is 0 Å². The number of para-hydroxylation sites is 2. The van der Waals surface area contributed by atoms with E-state index >= 15 is 0 Å². The number of ether oxygens (including phenoxy) is 1. The molecular weight excluding hydrogens is 428 g/mol. The minimum Gasteiger partial charge on any atom is -0.462 e. The van der Waals surface area contributed by atoms with E-state index in [0.29, 0.717) is 16.9 Å². The summed E-state index contributed by atoms with van der Waals surface area (Å²) in [7, 11) is 0. The van der Waals surface area contributed by atoms with Gasteiger partial charge in [0.25, 0.3) is 5.69 Å². The van der Waals surface area contributed by atoms with Gasteiger partial charge in [0.1, 0.15) is 5.75 Å². The molecule has 34 heavy (non-hydrogen) atoms. The van der Waals surface area contributed by atoms with Crippen LogP contribution in [0.4, 0.5) is 17.1 Å². The van der Waals surface area contributed by atoms with E-state index in [4.69, 9.17) is 4.74 Å². The quantitative estimate of drug-likeness (QED) is 0.374. The van der Waals surface area contributed by atoms with Gasteiger partial charge in [-0.2, -0.15) is 0 Å². The number of hydrogen-bond donors (Lipinski definition) is 1. The SMILES string of the molecule is O=[N+]([O-])c1cc2c(c(CO)c1)OC1(C=C2)N(c2ccccc2)c2ccccc2C12CCCCC2. The summed E-state index contributed by atoms with van der Waals surface area (Å²) in [6, 6.07) is 21.7. The first kappa shape index (κ1) is 20.9. The van der Waals surface area contributed by atoms with E-state index in [1.165, 1.54) is 24.1 Å². The van der Waals surface area contributed by atoms with Gasteiger partial charge in [-0.05, 0) is 48.8 Å². The fourth-order valence-corrected chi connectivity index (χ4v) is 6.29. The number of non-ortho nitro benzene ring substituents is 1. The van der Waals surface area contributed by atoms with Crippen molar-refractivity contribution in [1.29, 1.82) is 0 Å². The Morgan fingerprint density at radius 3 is 2.47 bits per heavy atom. The first-order valence-electron chi connectivity index (χ1n) is 11.8. The van der Waals surface area contributed by atoms with E-state index in [1.54, 1.807) is 0 Å². The normalized spacial score (nSPS) is 21.9. The summed E-state index contributed by atoms with van der Waals surface area (Å²) < 4.78 is 7.04. The molecule has 2 heterocycles. The molecule has 1 unspecified atom stereocenters. The van der Waals surface area contributed by atoms with Gasteiger partial charge in [-0.15, -0.1) is 0 Å². The van der Waals surface area contributed by atoms with Crippen LogP contribution < -0.4 is 9.64 Å². The number of nitro groups is 1.